The van der Waals surface area contributed by atoms with Crippen LogP contribution >= 0.6 is 15.9 Å². The summed E-state index contributed by atoms with van der Waals surface area (Å²) >= 11 is 3.61. The number of aliphatic carboxylic acids is 1. The second-order valence-electron chi connectivity index (χ2n) is 9.47. The van der Waals surface area contributed by atoms with Gasteiger partial charge in [0.15, 0.2) is 0 Å². The third kappa shape index (κ3) is 4.22. The van der Waals surface area contributed by atoms with Crippen molar-refractivity contribution in [3.8, 4) is 16.8 Å². The second-order valence-corrected chi connectivity index (χ2v) is 10.4. The molecule has 2 heterocycles. The molecular weight excluding hydrogens is 522 g/mol. The van der Waals surface area contributed by atoms with Crippen molar-refractivity contribution in [3.63, 3.8) is 0 Å². The molecule has 180 valence electrons. The minimum atomic E-state index is -0.743. The summed E-state index contributed by atoms with van der Waals surface area (Å²) in [5.74, 6) is -1.32. The number of hydrogen-bond donors (Lipinski definition) is 2. The van der Waals surface area contributed by atoms with Gasteiger partial charge in [-0.25, -0.2) is 4.98 Å². The Labute approximate surface area is 214 Å². The smallest absolute Gasteiger partial charge is 0.307 e. The van der Waals surface area contributed by atoms with Crippen molar-refractivity contribution in [2.45, 2.75) is 31.2 Å². The summed E-state index contributed by atoms with van der Waals surface area (Å²) in [5, 5.41) is 12.5. The number of nitrogens with one attached hydrogen (secondary N) is 1. The van der Waals surface area contributed by atoms with Gasteiger partial charge in [0.1, 0.15) is 11.2 Å². The largest absolute Gasteiger partial charge is 0.481 e. The maximum absolute atomic E-state index is 13.1. The molecule has 0 saturated heterocycles. The molecule has 2 N–H and O–H groups in total. The third-order valence-electron chi connectivity index (χ3n) is 6.86. The van der Waals surface area contributed by atoms with Crippen LogP contribution in [0.3, 0.4) is 0 Å². The Morgan fingerprint density at radius 3 is 2.53 bits per heavy atom. The summed E-state index contributed by atoms with van der Waals surface area (Å²) in [7, 11) is 0. The Hall–Kier alpha value is -3.78. The minimum Gasteiger partial charge on any atom is -0.481 e. The van der Waals surface area contributed by atoms with Gasteiger partial charge >= 0.3 is 5.97 Å². The minimum absolute atomic E-state index is 0.0772. The third-order valence-corrected chi connectivity index (χ3v) is 7.32. The van der Waals surface area contributed by atoms with Crippen LogP contribution in [0.15, 0.2) is 76.3 Å². The van der Waals surface area contributed by atoms with Gasteiger partial charge < -0.3 is 15.0 Å². The van der Waals surface area contributed by atoms with E-state index in [4.69, 9.17) is 0 Å². The van der Waals surface area contributed by atoms with Crippen molar-refractivity contribution in [2.75, 3.05) is 0 Å². The molecule has 2 saturated carbocycles. The molecule has 6 rings (SSSR count). The van der Waals surface area contributed by atoms with Crippen LogP contribution < -0.4 is 10.7 Å². The van der Waals surface area contributed by atoms with Crippen LogP contribution in [-0.4, -0.2) is 32.6 Å². The number of carboxylic acid groups (broad SMARTS) is 1. The fraction of sp³-hybridized carbons (Fsp3) is 0.214. The number of amides is 1. The number of fused-ring (bicyclic) bond motifs is 1. The first-order valence-electron chi connectivity index (χ1n) is 11.8. The summed E-state index contributed by atoms with van der Waals surface area (Å²) < 4.78 is 2.61. The van der Waals surface area contributed by atoms with E-state index in [-0.39, 0.29) is 34.8 Å². The lowest BCUT2D eigenvalue weighted by molar-refractivity contribution is -0.138. The average molecular weight is 544 g/mol. The first kappa shape index (κ1) is 22.7. The Morgan fingerprint density at radius 1 is 1.06 bits per heavy atom. The summed E-state index contributed by atoms with van der Waals surface area (Å²) in [5.41, 5.74) is 3.91. The molecule has 1 unspecified atom stereocenters. The fourth-order valence-electron chi connectivity index (χ4n) is 4.65. The van der Waals surface area contributed by atoms with Crippen molar-refractivity contribution in [2.24, 2.45) is 5.92 Å². The summed E-state index contributed by atoms with van der Waals surface area (Å²) in [6, 6.07) is 17.4. The standard InChI is InChI=1S/C28H22BrN3O4/c29-18-10-17(15-3-5-16(6-4-15)22-13-23(22)28(35)36)11-20(12-18)32-14-24(27(34)31-19-7-8-19)25(33)21-2-1-9-30-26(21)32/h1-6,9-12,14,19,22-23H,7-8,13H2,(H,31,34)(H,35,36)/t22?,23-/m1/s1. The number of carbonyl (C=O) groups excluding carboxylic acids is 1. The average Bonchev–Trinajstić information content (AvgIpc) is 3.79. The molecule has 0 bridgehead atoms. The zero-order valence-corrected chi connectivity index (χ0v) is 20.7. The molecule has 2 aliphatic carbocycles. The number of aromatic nitrogens is 2. The van der Waals surface area contributed by atoms with E-state index in [9.17, 15) is 19.5 Å². The molecule has 0 radical (unpaired) electrons. The normalized spacial score (nSPS) is 18.7. The van der Waals surface area contributed by atoms with Gasteiger partial charge in [0.25, 0.3) is 5.91 Å². The van der Waals surface area contributed by atoms with Crippen LogP contribution in [0.1, 0.15) is 41.1 Å². The molecule has 0 aliphatic heterocycles. The number of halogens is 1. The SMILES string of the molecule is O=C(NC1CC1)c1cn(-c2cc(Br)cc(-c3ccc(C4C[C@H]4C(=O)O)cc3)c2)c2ncccc2c1=O. The van der Waals surface area contributed by atoms with E-state index in [0.717, 1.165) is 39.7 Å². The predicted octanol–water partition coefficient (Wildman–Crippen LogP) is 4.90. The van der Waals surface area contributed by atoms with E-state index in [2.05, 4.69) is 26.2 Å². The zero-order chi connectivity index (χ0) is 25.0. The number of benzene rings is 2. The predicted molar refractivity (Wildman–Crippen MR) is 139 cm³/mol. The summed E-state index contributed by atoms with van der Waals surface area (Å²) in [4.78, 5) is 41.6. The first-order valence-corrected chi connectivity index (χ1v) is 12.6. The molecule has 4 aromatic rings. The first-order chi connectivity index (χ1) is 17.4. The lowest BCUT2D eigenvalue weighted by Gasteiger charge is -2.15. The van der Waals surface area contributed by atoms with Gasteiger partial charge in [0.2, 0.25) is 5.43 Å². The van der Waals surface area contributed by atoms with Crippen LogP contribution in [-0.2, 0) is 4.79 Å². The van der Waals surface area contributed by atoms with Gasteiger partial charge in [-0.1, -0.05) is 40.2 Å². The van der Waals surface area contributed by atoms with Crippen molar-refractivity contribution < 1.29 is 14.7 Å². The number of nitrogens with zero attached hydrogens (tertiary/aromatic N) is 2. The topological polar surface area (TPSA) is 101 Å². The van der Waals surface area contributed by atoms with Crippen LogP contribution in [0.25, 0.3) is 27.8 Å². The Balaban J connectivity index is 1.42. The van der Waals surface area contributed by atoms with E-state index in [1.165, 1.54) is 0 Å². The van der Waals surface area contributed by atoms with Crippen LogP contribution in [0, 0.1) is 5.92 Å². The van der Waals surface area contributed by atoms with Gasteiger partial charge in [-0.05, 0) is 72.2 Å². The van der Waals surface area contributed by atoms with Crippen LogP contribution in [0.5, 0.6) is 0 Å². The highest BCUT2D eigenvalue weighted by Crippen LogP contribution is 2.47. The lowest BCUT2D eigenvalue weighted by Crippen LogP contribution is -2.31. The van der Waals surface area contributed by atoms with E-state index in [1.54, 1.807) is 29.1 Å². The van der Waals surface area contributed by atoms with Crippen LogP contribution in [0.4, 0.5) is 0 Å². The van der Waals surface area contributed by atoms with E-state index >= 15 is 0 Å². The Morgan fingerprint density at radius 2 is 1.83 bits per heavy atom. The van der Waals surface area contributed by atoms with Gasteiger partial charge in [-0.15, -0.1) is 0 Å². The van der Waals surface area contributed by atoms with Crippen molar-refractivity contribution in [1.82, 2.24) is 14.9 Å². The molecule has 2 aliphatic rings. The lowest BCUT2D eigenvalue weighted by atomic mass is 10.0. The number of carboxylic acids is 1. The summed E-state index contributed by atoms with van der Waals surface area (Å²) in [6.07, 6.45) is 5.74. The molecule has 2 aromatic heterocycles. The molecule has 36 heavy (non-hydrogen) atoms. The molecule has 2 fully saturated rings. The van der Waals surface area contributed by atoms with Crippen molar-refractivity contribution in [1.29, 1.82) is 0 Å². The van der Waals surface area contributed by atoms with Gasteiger partial charge in [0.05, 0.1) is 11.3 Å². The molecule has 1 amide bonds. The zero-order valence-electron chi connectivity index (χ0n) is 19.1. The molecule has 0 spiro atoms. The maximum atomic E-state index is 13.1. The highest BCUT2D eigenvalue weighted by atomic mass is 79.9. The van der Waals surface area contributed by atoms with Gasteiger partial charge in [0, 0.05) is 28.6 Å². The number of hydrogen-bond acceptors (Lipinski definition) is 4. The fourth-order valence-corrected chi connectivity index (χ4v) is 5.13. The molecular formula is C28H22BrN3O4. The van der Waals surface area contributed by atoms with Crippen molar-refractivity contribution >= 4 is 38.8 Å². The molecule has 8 heteroatoms. The van der Waals surface area contributed by atoms with E-state index < -0.39 is 5.97 Å². The maximum Gasteiger partial charge on any atom is 0.307 e. The Kier molecular flexibility index (Phi) is 5.48. The summed E-state index contributed by atoms with van der Waals surface area (Å²) in [6.45, 7) is 0. The van der Waals surface area contributed by atoms with Crippen LogP contribution in [0.2, 0.25) is 0 Å². The molecule has 2 atom stereocenters. The van der Waals surface area contributed by atoms with Gasteiger partial charge in [-0.2, -0.15) is 0 Å². The molecule has 2 aromatic carbocycles. The monoisotopic (exact) mass is 543 g/mol. The number of rotatable bonds is 6. The highest BCUT2D eigenvalue weighted by Gasteiger charge is 2.44. The van der Waals surface area contributed by atoms with Gasteiger partial charge in [-0.3, -0.25) is 14.4 Å². The number of carbonyl (C=O) groups is 2. The molecule has 7 nitrogen and oxygen atoms in total. The highest BCUT2D eigenvalue weighted by molar-refractivity contribution is 9.10. The van der Waals surface area contributed by atoms with E-state index in [1.807, 2.05) is 42.5 Å². The quantitative estimate of drug-likeness (QED) is 0.360. The van der Waals surface area contributed by atoms with E-state index in [0.29, 0.717) is 17.5 Å². The number of pyridine rings is 2. The second kappa shape index (κ2) is 8.71. The van der Waals surface area contributed by atoms with Crippen molar-refractivity contribution in [3.05, 3.63) is 92.8 Å². The Bertz CT molecular complexity index is 1590.